The number of aromatic hydroxyl groups is 1. The molecule has 0 aromatic heterocycles. The average Bonchev–Trinajstić information content (AvgIpc) is 3.40. The molecule has 0 radical (unpaired) electrons. The van der Waals surface area contributed by atoms with Crippen molar-refractivity contribution >= 4 is 34.7 Å². The molecule has 0 spiro atoms. The first-order valence-electron chi connectivity index (χ1n) is 10.6. The van der Waals surface area contributed by atoms with Gasteiger partial charge in [-0.3, -0.25) is 14.5 Å². The number of aliphatic hydroxyl groups is 1. The molecular formula is C26H20ClNO6. The number of carbonyl (C=O) groups excluding carboxylic acids is 2. The van der Waals surface area contributed by atoms with Crippen LogP contribution in [0, 0.1) is 0 Å². The number of phenols is 1. The largest absolute Gasteiger partial charge is 0.508 e. The zero-order chi connectivity index (χ0) is 24.0. The van der Waals surface area contributed by atoms with Gasteiger partial charge in [-0.05, 0) is 59.7 Å². The highest BCUT2D eigenvalue weighted by atomic mass is 35.5. The fourth-order valence-electron chi connectivity index (χ4n) is 4.40. The van der Waals surface area contributed by atoms with Gasteiger partial charge < -0.3 is 19.7 Å². The molecule has 2 N–H and O–H groups in total. The maximum absolute atomic E-state index is 13.3. The number of anilines is 1. The minimum atomic E-state index is -0.985. The van der Waals surface area contributed by atoms with Gasteiger partial charge in [0.1, 0.15) is 23.0 Å². The summed E-state index contributed by atoms with van der Waals surface area (Å²) in [6.45, 7) is 0.547. The van der Waals surface area contributed by atoms with Gasteiger partial charge in [0.05, 0.1) is 30.4 Å². The summed E-state index contributed by atoms with van der Waals surface area (Å²) in [4.78, 5) is 27.8. The average molecular weight is 478 g/mol. The first-order valence-corrected chi connectivity index (χ1v) is 11.0. The number of rotatable bonds is 4. The van der Waals surface area contributed by atoms with Crippen molar-refractivity contribution < 1.29 is 29.3 Å². The summed E-state index contributed by atoms with van der Waals surface area (Å²) in [5, 5.41) is 21.6. The van der Waals surface area contributed by atoms with E-state index in [1.54, 1.807) is 42.5 Å². The number of methoxy groups -OCH3 is 1. The zero-order valence-electron chi connectivity index (χ0n) is 18.1. The van der Waals surface area contributed by atoms with E-state index in [9.17, 15) is 19.8 Å². The predicted octanol–water partition coefficient (Wildman–Crippen LogP) is 4.62. The Morgan fingerprint density at radius 2 is 1.94 bits per heavy atom. The molecule has 3 aromatic carbocycles. The number of phenolic OH excluding ortho intramolecular Hbond substituents is 1. The number of ether oxygens (including phenoxy) is 2. The van der Waals surface area contributed by atoms with E-state index < -0.39 is 17.7 Å². The Hall–Kier alpha value is -3.97. The summed E-state index contributed by atoms with van der Waals surface area (Å²) in [5.74, 6) is -0.852. The van der Waals surface area contributed by atoms with Crippen LogP contribution in [0.5, 0.6) is 17.2 Å². The number of aliphatic hydroxyl groups excluding tert-OH is 1. The van der Waals surface area contributed by atoms with Gasteiger partial charge in [-0.15, -0.1) is 0 Å². The number of carbonyl (C=O) groups is 2. The van der Waals surface area contributed by atoms with Crippen molar-refractivity contribution in [1.29, 1.82) is 0 Å². The van der Waals surface area contributed by atoms with Crippen LogP contribution in [-0.2, 0) is 16.0 Å². The summed E-state index contributed by atoms with van der Waals surface area (Å²) < 4.78 is 10.7. The maximum Gasteiger partial charge on any atom is 0.300 e. The van der Waals surface area contributed by atoms with Crippen molar-refractivity contribution in [2.24, 2.45) is 0 Å². The molecule has 2 aliphatic rings. The van der Waals surface area contributed by atoms with Gasteiger partial charge in [-0.1, -0.05) is 23.7 Å². The van der Waals surface area contributed by atoms with Crippen molar-refractivity contribution in [3.05, 3.63) is 87.9 Å². The van der Waals surface area contributed by atoms with Crippen LogP contribution in [0.2, 0.25) is 5.02 Å². The van der Waals surface area contributed by atoms with Gasteiger partial charge in [0, 0.05) is 17.7 Å². The molecule has 172 valence electrons. The molecule has 0 aliphatic carbocycles. The van der Waals surface area contributed by atoms with Gasteiger partial charge in [-0.2, -0.15) is 0 Å². The summed E-state index contributed by atoms with van der Waals surface area (Å²) in [7, 11) is 1.47. The second-order valence-electron chi connectivity index (χ2n) is 8.00. The number of benzene rings is 3. The van der Waals surface area contributed by atoms with E-state index in [2.05, 4.69) is 0 Å². The fourth-order valence-corrected chi connectivity index (χ4v) is 4.66. The standard InChI is InChI=1S/C26H20ClNO6/c1-33-21-8-6-17(13-19(21)27)28-23(15-3-2-4-18(29)12-15)22(25(31)26(28)32)24(30)16-5-7-20-14(11-16)9-10-34-20/h2-8,11-13,23,29-30H,9-10H2,1H3/b24-22-. The van der Waals surface area contributed by atoms with Crippen LogP contribution in [0.1, 0.15) is 22.7 Å². The lowest BCUT2D eigenvalue weighted by Crippen LogP contribution is -2.29. The summed E-state index contributed by atoms with van der Waals surface area (Å²) in [5.41, 5.74) is 2.04. The molecule has 0 bridgehead atoms. The minimum absolute atomic E-state index is 0.0365. The summed E-state index contributed by atoms with van der Waals surface area (Å²) in [6.07, 6.45) is 0.686. The van der Waals surface area contributed by atoms with E-state index >= 15 is 0 Å². The Labute approximate surface area is 200 Å². The smallest absolute Gasteiger partial charge is 0.300 e. The first kappa shape index (κ1) is 21.9. The number of ketones is 1. The molecule has 1 atom stereocenters. The van der Waals surface area contributed by atoms with Gasteiger partial charge in [0.15, 0.2) is 0 Å². The monoisotopic (exact) mass is 477 g/mol. The highest BCUT2D eigenvalue weighted by Crippen LogP contribution is 2.44. The molecule has 2 heterocycles. The van der Waals surface area contributed by atoms with E-state index in [0.29, 0.717) is 35.6 Å². The molecule has 5 rings (SSSR count). The molecule has 3 aromatic rings. The molecule has 1 amide bonds. The number of hydrogen-bond donors (Lipinski definition) is 2. The number of Topliss-reactive ketones (excluding diaryl/α,β-unsaturated/α-hetero) is 1. The second kappa shape index (κ2) is 8.43. The number of hydrogen-bond acceptors (Lipinski definition) is 6. The van der Waals surface area contributed by atoms with Crippen LogP contribution in [0.25, 0.3) is 5.76 Å². The van der Waals surface area contributed by atoms with E-state index in [0.717, 1.165) is 11.3 Å². The van der Waals surface area contributed by atoms with Gasteiger partial charge >= 0.3 is 0 Å². The van der Waals surface area contributed by atoms with Crippen molar-refractivity contribution in [3.63, 3.8) is 0 Å². The summed E-state index contributed by atoms with van der Waals surface area (Å²) in [6, 6.07) is 15.1. The van der Waals surface area contributed by atoms with Gasteiger partial charge in [0.2, 0.25) is 0 Å². The number of amides is 1. The lowest BCUT2D eigenvalue weighted by atomic mass is 9.94. The van der Waals surface area contributed by atoms with Crippen LogP contribution < -0.4 is 14.4 Å². The van der Waals surface area contributed by atoms with Gasteiger partial charge in [0.25, 0.3) is 11.7 Å². The minimum Gasteiger partial charge on any atom is -0.508 e. The first-order chi connectivity index (χ1) is 16.4. The number of nitrogens with zero attached hydrogens (tertiary/aromatic N) is 1. The fraction of sp³-hybridized carbons (Fsp3) is 0.154. The third kappa shape index (κ3) is 3.54. The van der Waals surface area contributed by atoms with E-state index in [1.807, 2.05) is 0 Å². The lowest BCUT2D eigenvalue weighted by molar-refractivity contribution is -0.132. The Kier molecular flexibility index (Phi) is 5.42. The summed E-state index contributed by atoms with van der Waals surface area (Å²) >= 11 is 6.30. The normalized spacial score (nSPS) is 18.6. The van der Waals surface area contributed by atoms with Crippen LogP contribution >= 0.6 is 11.6 Å². The molecule has 2 aliphatic heterocycles. The van der Waals surface area contributed by atoms with E-state index in [4.69, 9.17) is 21.1 Å². The number of halogens is 1. The molecule has 1 fully saturated rings. The molecule has 0 saturated carbocycles. The highest BCUT2D eigenvalue weighted by molar-refractivity contribution is 6.51. The zero-order valence-corrected chi connectivity index (χ0v) is 18.9. The van der Waals surface area contributed by atoms with Crippen molar-refractivity contribution in [3.8, 4) is 17.2 Å². The van der Waals surface area contributed by atoms with E-state index in [1.165, 1.54) is 30.2 Å². The highest BCUT2D eigenvalue weighted by Gasteiger charge is 2.47. The molecular weight excluding hydrogens is 458 g/mol. The quantitative estimate of drug-likeness (QED) is 0.323. The Morgan fingerprint density at radius 1 is 1.12 bits per heavy atom. The van der Waals surface area contributed by atoms with E-state index in [-0.39, 0.29) is 22.1 Å². The molecule has 1 unspecified atom stereocenters. The van der Waals surface area contributed by atoms with Crippen LogP contribution in [0.15, 0.2) is 66.2 Å². The Balaban J connectivity index is 1.70. The Bertz CT molecular complexity index is 1370. The second-order valence-corrected chi connectivity index (χ2v) is 8.41. The Morgan fingerprint density at radius 3 is 2.68 bits per heavy atom. The third-order valence-electron chi connectivity index (χ3n) is 6.01. The van der Waals surface area contributed by atoms with Crippen molar-refractivity contribution in [2.75, 3.05) is 18.6 Å². The van der Waals surface area contributed by atoms with Crippen LogP contribution in [0.3, 0.4) is 0 Å². The van der Waals surface area contributed by atoms with Gasteiger partial charge in [-0.25, -0.2) is 0 Å². The number of fused-ring (bicyclic) bond motifs is 1. The SMILES string of the molecule is COc1ccc(N2C(=O)C(=O)/C(=C(\O)c3ccc4c(c3)CCO4)C2c2cccc(O)c2)cc1Cl. The van der Waals surface area contributed by atoms with Crippen LogP contribution in [-0.4, -0.2) is 35.6 Å². The molecule has 8 heteroatoms. The molecule has 7 nitrogen and oxygen atoms in total. The maximum atomic E-state index is 13.3. The van der Waals surface area contributed by atoms with Crippen molar-refractivity contribution in [2.45, 2.75) is 12.5 Å². The topological polar surface area (TPSA) is 96.3 Å². The third-order valence-corrected chi connectivity index (χ3v) is 6.30. The lowest BCUT2D eigenvalue weighted by Gasteiger charge is -2.26. The van der Waals surface area contributed by atoms with Crippen molar-refractivity contribution in [1.82, 2.24) is 0 Å². The molecule has 1 saturated heterocycles. The predicted molar refractivity (Wildman–Crippen MR) is 127 cm³/mol. The van der Waals surface area contributed by atoms with Crippen LogP contribution in [0.4, 0.5) is 5.69 Å². The molecule has 34 heavy (non-hydrogen) atoms.